The van der Waals surface area contributed by atoms with E-state index < -0.39 is 11.8 Å². The molecule has 0 bridgehead atoms. The summed E-state index contributed by atoms with van der Waals surface area (Å²) in [6.07, 6.45) is 2.06. The maximum atomic E-state index is 13.5. The zero-order valence-corrected chi connectivity index (χ0v) is 13.4. The number of likely N-dealkylation sites (tertiary alicyclic amines) is 1. The van der Waals surface area contributed by atoms with Gasteiger partial charge in [0.2, 0.25) is 0 Å². The second kappa shape index (κ2) is 7.02. The number of amides is 1. The lowest BCUT2D eigenvalue weighted by Gasteiger charge is -2.30. The van der Waals surface area contributed by atoms with Gasteiger partial charge < -0.3 is 9.64 Å². The molecule has 1 saturated heterocycles. The molecule has 1 aromatic carbocycles. The number of halogens is 2. The lowest BCUT2D eigenvalue weighted by molar-refractivity contribution is -0.136. The molecule has 1 amide bonds. The fourth-order valence-electron chi connectivity index (χ4n) is 2.37. The van der Waals surface area contributed by atoms with Crippen LogP contribution in [0.4, 0.5) is 4.39 Å². The number of ether oxygens (including phenoxy) is 1. The molecule has 1 atom stereocenters. The molecule has 1 aromatic rings. The first-order chi connectivity index (χ1) is 9.97. The summed E-state index contributed by atoms with van der Waals surface area (Å²) in [5, 5.41) is 0. The van der Waals surface area contributed by atoms with E-state index in [9.17, 15) is 14.0 Å². The molecule has 1 aliphatic rings. The Bertz CT molecular complexity index is 550. The molecule has 0 radical (unpaired) electrons. The zero-order chi connectivity index (χ0) is 15.4. The van der Waals surface area contributed by atoms with E-state index in [2.05, 4.69) is 22.9 Å². The van der Waals surface area contributed by atoms with Crippen LogP contribution in [0.15, 0.2) is 22.7 Å². The first-order valence-electron chi connectivity index (χ1n) is 6.87. The highest BCUT2D eigenvalue weighted by Crippen LogP contribution is 2.17. The van der Waals surface area contributed by atoms with Crippen molar-refractivity contribution < 1.29 is 18.7 Å². The smallest absolute Gasteiger partial charge is 0.341 e. The Morgan fingerprint density at radius 2 is 2.24 bits per heavy atom. The van der Waals surface area contributed by atoms with E-state index in [4.69, 9.17) is 4.74 Å². The van der Waals surface area contributed by atoms with Crippen LogP contribution >= 0.6 is 15.9 Å². The minimum Gasteiger partial charge on any atom is -0.452 e. The number of rotatable bonds is 3. The monoisotopic (exact) mass is 357 g/mol. The molecule has 114 valence electrons. The molecule has 6 heteroatoms. The van der Waals surface area contributed by atoms with Gasteiger partial charge in [-0.2, -0.15) is 0 Å². The van der Waals surface area contributed by atoms with Gasteiger partial charge in [-0.3, -0.25) is 4.79 Å². The Hall–Kier alpha value is -1.43. The summed E-state index contributed by atoms with van der Waals surface area (Å²) in [7, 11) is 0. The number of carbonyl (C=O) groups is 2. The van der Waals surface area contributed by atoms with Gasteiger partial charge in [0.15, 0.2) is 6.61 Å². The van der Waals surface area contributed by atoms with Crippen LogP contribution in [0.1, 0.15) is 30.1 Å². The van der Waals surface area contributed by atoms with E-state index in [1.807, 2.05) is 0 Å². The number of benzene rings is 1. The highest BCUT2D eigenvalue weighted by molar-refractivity contribution is 9.10. The molecule has 0 saturated carbocycles. The van der Waals surface area contributed by atoms with E-state index in [0.29, 0.717) is 23.5 Å². The molecule has 0 aliphatic carbocycles. The molecular formula is C15H17BrFNO3. The molecule has 0 N–H and O–H groups in total. The van der Waals surface area contributed by atoms with Gasteiger partial charge in [0.05, 0.1) is 5.56 Å². The molecule has 0 spiro atoms. The Balaban J connectivity index is 1.91. The molecule has 1 aliphatic heterocycles. The third-order valence-corrected chi connectivity index (χ3v) is 3.98. The van der Waals surface area contributed by atoms with Gasteiger partial charge in [0.1, 0.15) is 5.82 Å². The third-order valence-electron chi connectivity index (χ3n) is 3.48. The molecule has 1 unspecified atom stereocenters. The summed E-state index contributed by atoms with van der Waals surface area (Å²) in [6, 6.07) is 4.01. The quantitative estimate of drug-likeness (QED) is 0.781. The van der Waals surface area contributed by atoms with Gasteiger partial charge in [-0.05, 0) is 37.0 Å². The van der Waals surface area contributed by atoms with Gasteiger partial charge in [-0.25, -0.2) is 9.18 Å². The van der Waals surface area contributed by atoms with Crippen LogP contribution < -0.4 is 0 Å². The average Bonchev–Trinajstić information content (AvgIpc) is 2.47. The predicted molar refractivity (Wildman–Crippen MR) is 79.4 cm³/mol. The van der Waals surface area contributed by atoms with Crippen molar-refractivity contribution in [2.75, 3.05) is 19.7 Å². The number of carbonyl (C=O) groups excluding carboxylic acids is 2. The lowest BCUT2D eigenvalue weighted by Crippen LogP contribution is -2.41. The highest BCUT2D eigenvalue weighted by Gasteiger charge is 2.22. The van der Waals surface area contributed by atoms with Crippen LogP contribution in [-0.4, -0.2) is 36.5 Å². The normalized spacial score (nSPS) is 18.4. The van der Waals surface area contributed by atoms with Gasteiger partial charge in [-0.1, -0.05) is 22.9 Å². The standard InChI is InChI=1S/C15H17BrFNO3/c1-10-3-2-6-18(8-10)14(19)9-21-15(20)12-7-11(16)4-5-13(12)17/h4-5,7,10H,2-3,6,8-9H2,1H3. The zero-order valence-electron chi connectivity index (χ0n) is 11.8. The SMILES string of the molecule is CC1CCCN(C(=O)COC(=O)c2cc(Br)ccc2F)C1. The molecule has 1 heterocycles. The Morgan fingerprint density at radius 3 is 2.95 bits per heavy atom. The molecular weight excluding hydrogens is 341 g/mol. The highest BCUT2D eigenvalue weighted by atomic mass is 79.9. The fraction of sp³-hybridized carbons (Fsp3) is 0.467. The molecule has 4 nitrogen and oxygen atoms in total. The van der Waals surface area contributed by atoms with Crippen LogP contribution in [0.3, 0.4) is 0 Å². The van der Waals surface area contributed by atoms with Crippen molar-refractivity contribution in [3.8, 4) is 0 Å². The van der Waals surface area contributed by atoms with Crippen molar-refractivity contribution in [1.29, 1.82) is 0 Å². The second-order valence-electron chi connectivity index (χ2n) is 5.29. The number of esters is 1. The summed E-state index contributed by atoms with van der Waals surface area (Å²) < 4.78 is 19.0. The maximum absolute atomic E-state index is 13.5. The van der Waals surface area contributed by atoms with Gasteiger partial charge in [0, 0.05) is 17.6 Å². The van der Waals surface area contributed by atoms with Gasteiger partial charge in [-0.15, -0.1) is 0 Å². The van der Waals surface area contributed by atoms with Crippen molar-refractivity contribution in [3.05, 3.63) is 34.1 Å². The first-order valence-corrected chi connectivity index (χ1v) is 7.66. The van der Waals surface area contributed by atoms with E-state index >= 15 is 0 Å². The summed E-state index contributed by atoms with van der Waals surface area (Å²) in [5.74, 6) is -1.26. The topological polar surface area (TPSA) is 46.6 Å². The van der Waals surface area contributed by atoms with E-state index in [-0.39, 0.29) is 18.1 Å². The van der Waals surface area contributed by atoms with Gasteiger partial charge in [0.25, 0.3) is 5.91 Å². The summed E-state index contributed by atoms with van der Waals surface area (Å²) in [5.41, 5.74) is -0.177. The molecule has 2 rings (SSSR count). The van der Waals surface area contributed by atoms with Gasteiger partial charge >= 0.3 is 5.97 Å². The number of hydrogen-bond acceptors (Lipinski definition) is 3. The lowest BCUT2D eigenvalue weighted by atomic mass is 10.0. The van der Waals surface area contributed by atoms with E-state index in [0.717, 1.165) is 12.8 Å². The minimum absolute atomic E-state index is 0.177. The van der Waals surface area contributed by atoms with Crippen molar-refractivity contribution in [1.82, 2.24) is 4.90 Å². The largest absolute Gasteiger partial charge is 0.452 e. The maximum Gasteiger partial charge on any atom is 0.341 e. The number of hydrogen-bond donors (Lipinski definition) is 0. The van der Waals surface area contributed by atoms with Crippen LogP contribution in [0.2, 0.25) is 0 Å². The van der Waals surface area contributed by atoms with Crippen LogP contribution in [0.25, 0.3) is 0 Å². The first kappa shape index (κ1) is 15.9. The van der Waals surface area contributed by atoms with Crippen LogP contribution in [0.5, 0.6) is 0 Å². The Kier molecular flexibility index (Phi) is 5.33. The van der Waals surface area contributed by atoms with Crippen LogP contribution in [-0.2, 0) is 9.53 Å². The summed E-state index contributed by atoms with van der Waals surface area (Å²) >= 11 is 3.16. The van der Waals surface area contributed by atoms with E-state index in [1.54, 1.807) is 4.90 Å². The summed E-state index contributed by atoms with van der Waals surface area (Å²) in [6.45, 7) is 3.10. The molecule has 0 aromatic heterocycles. The van der Waals surface area contributed by atoms with Crippen molar-refractivity contribution in [3.63, 3.8) is 0 Å². The van der Waals surface area contributed by atoms with Crippen LogP contribution in [0, 0.1) is 11.7 Å². The molecule has 1 fully saturated rings. The number of piperidine rings is 1. The van der Waals surface area contributed by atoms with Crippen molar-refractivity contribution in [2.45, 2.75) is 19.8 Å². The fourth-order valence-corrected chi connectivity index (χ4v) is 2.73. The van der Waals surface area contributed by atoms with Crippen molar-refractivity contribution in [2.24, 2.45) is 5.92 Å². The molecule has 21 heavy (non-hydrogen) atoms. The third kappa shape index (κ3) is 4.27. The summed E-state index contributed by atoms with van der Waals surface area (Å²) in [4.78, 5) is 25.5. The second-order valence-corrected chi connectivity index (χ2v) is 6.20. The average molecular weight is 358 g/mol. The Morgan fingerprint density at radius 1 is 1.48 bits per heavy atom. The number of nitrogens with zero attached hydrogens (tertiary/aromatic N) is 1. The van der Waals surface area contributed by atoms with E-state index in [1.165, 1.54) is 18.2 Å². The van der Waals surface area contributed by atoms with Crippen molar-refractivity contribution >= 4 is 27.8 Å². The predicted octanol–water partition coefficient (Wildman–Crippen LogP) is 3.00. The minimum atomic E-state index is -0.827. The Labute approximate surface area is 131 Å².